The number of ketones is 2. The minimum Gasteiger partial charge on any atom is -0.465 e. The van der Waals surface area contributed by atoms with E-state index in [1.54, 1.807) is 12.2 Å². The first-order valence-electron chi connectivity index (χ1n) is 14.0. The van der Waals surface area contributed by atoms with Gasteiger partial charge in [0.05, 0.1) is 5.57 Å². The fraction of sp³-hybridized carbons (Fsp3) is 0.742. The molecule has 0 aliphatic heterocycles. The summed E-state index contributed by atoms with van der Waals surface area (Å²) < 4.78 is 0. The maximum atomic E-state index is 14.4. The summed E-state index contributed by atoms with van der Waals surface area (Å²) in [5.74, 6) is -0.918. The summed E-state index contributed by atoms with van der Waals surface area (Å²) in [6.45, 7) is 14.2. The van der Waals surface area contributed by atoms with Crippen LogP contribution in [0, 0.1) is 50.2 Å². The van der Waals surface area contributed by atoms with Crippen molar-refractivity contribution in [1.82, 2.24) is 5.32 Å². The Morgan fingerprint density at radius 3 is 2.24 bits per heavy atom. The number of fused-ring (bicyclic) bond motifs is 7. The van der Waals surface area contributed by atoms with E-state index in [1.807, 2.05) is 20.8 Å². The van der Waals surface area contributed by atoms with Crippen LogP contribution in [0.1, 0.15) is 93.4 Å². The summed E-state index contributed by atoms with van der Waals surface area (Å²) in [7, 11) is 0. The zero-order valence-corrected chi connectivity index (χ0v) is 23.8. The van der Waals surface area contributed by atoms with Crippen molar-refractivity contribution < 1.29 is 24.6 Å². The molecule has 0 saturated heterocycles. The van der Waals surface area contributed by atoms with E-state index in [-0.39, 0.29) is 28.5 Å². The molecule has 5 aliphatic rings. The molecule has 0 radical (unpaired) electrons. The van der Waals surface area contributed by atoms with Gasteiger partial charge in [0, 0.05) is 27.7 Å². The average molecular weight is 523 g/mol. The first-order chi connectivity index (χ1) is 17.3. The van der Waals surface area contributed by atoms with Crippen molar-refractivity contribution in [2.45, 2.75) is 105 Å². The van der Waals surface area contributed by atoms with Crippen molar-refractivity contribution in [1.29, 1.82) is 5.26 Å². The normalized spacial score (nSPS) is 49.2. The number of carbonyl (C=O) groups excluding carboxylic acids is 2. The van der Waals surface area contributed by atoms with Crippen LogP contribution in [0.5, 0.6) is 0 Å². The third-order valence-electron chi connectivity index (χ3n) is 12.7. The maximum Gasteiger partial charge on any atom is 0.405 e. The van der Waals surface area contributed by atoms with Crippen molar-refractivity contribution in [3.63, 3.8) is 0 Å². The zero-order chi connectivity index (χ0) is 28.3. The number of carbonyl (C=O) groups is 3. The van der Waals surface area contributed by atoms with E-state index in [0.717, 1.165) is 31.3 Å². The molecule has 0 bridgehead atoms. The summed E-state index contributed by atoms with van der Waals surface area (Å²) in [6, 6.07) is 2.12. The van der Waals surface area contributed by atoms with Gasteiger partial charge in [-0.25, -0.2) is 4.79 Å². The van der Waals surface area contributed by atoms with E-state index < -0.39 is 44.8 Å². The van der Waals surface area contributed by atoms with Crippen LogP contribution in [-0.4, -0.2) is 39.0 Å². The monoisotopic (exact) mass is 522 g/mol. The number of rotatable bonds is 1. The molecule has 206 valence electrons. The van der Waals surface area contributed by atoms with Gasteiger partial charge >= 0.3 is 6.09 Å². The standard InChI is InChI=1S/C31H42N2O5/c1-25(2)19-8-9-29(6)20(28(19,5)15-18(17-32)23(25)35)14-22(34)31(38)21-16-27(4,33-24(36)37)12-10-26(21,3)11-13-30(29,31)7/h14-15,19,21,33,38H,8-13,16H2,1-7H3,(H,36,37)/t19-,21+,26+,27-,28-,29+,30-,31+/m0/s1. The van der Waals surface area contributed by atoms with Crippen LogP contribution in [0.2, 0.25) is 0 Å². The number of aliphatic hydroxyl groups is 1. The number of Topliss-reactive ketones (excluding diaryl/α,β-unsaturated/α-hetero) is 1. The van der Waals surface area contributed by atoms with Crippen molar-refractivity contribution in [2.75, 3.05) is 0 Å². The Morgan fingerprint density at radius 1 is 1.00 bits per heavy atom. The molecule has 0 aromatic heterocycles. The van der Waals surface area contributed by atoms with Crippen LogP contribution < -0.4 is 5.32 Å². The molecule has 1 amide bonds. The molecular weight excluding hydrogens is 480 g/mol. The smallest absolute Gasteiger partial charge is 0.405 e. The molecule has 7 heteroatoms. The van der Waals surface area contributed by atoms with Crippen LogP contribution in [0.15, 0.2) is 23.3 Å². The second-order valence-corrected chi connectivity index (χ2v) is 14.8. The Kier molecular flexibility index (Phi) is 5.42. The SMILES string of the molecule is CC1(C)C(=O)C(C#N)=C[C@]2(C)C3=CC(=O)[C@]4(O)[C@@H]5C[C@@](C)(NC(=O)O)CC[C@]5(C)CC[C@@]4(C)[C@]3(C)CC[C@@H]12. The number of nitriles is 1. The fourth-order valence-electron chi connectivity index (χ4n) is 10.1. The minimum absolute atomic E-state index is 0.0619. The largest absolute Gasteiger partial charge is 0.465 e. The van der Waals surface area contributed by atoms with Gasteiger partial charge in [-0.2, -0.15) is 5.26 Å². The van der Waals surface area contributed by atoms with Gasteiger partial charge in [-0.05, 0) is 80.3 Å². The molecule has 0 aromatic carbocycles. The molecule has 0 heterocycles. The van der Waals surface area contributed by atoms with E-state index >= 15 is 0 Å². The summed E-state index contributed by atoms with van der Waals surface area (Å²) in [5, 5.41) is 34.8. The first kappa shape index (κ1) is 27.1. The number of nitrogens with one attached hydrogen (secondary N) is 1. The molecule has 3 saturated carbocycles. The van der Waals surface area contributed by atoms with Gasteiger partial charge in [0.15, 0.2) is 11.6 Å². The second kappa shape index (κ2) is 7.59. The highest BCUT2D eigenvalue weighted by Gasteiger charge is 2.75. The van der Waals surface area contributed by atoms with E-state index in [9.17, 15) is 29.9 Å². The first-order valence-corrected chi connectivity index (χ1v) is 14.0. The fourth-order valence-corrected chi connectivity index (χ4v) is 10.1. The molecule has 8 atom stereocenters. The number of hydrogen-bond acceptors (Lipinski definition) is 5. The second-order valence-electron chi connectivity index (χ2n) is 14.8. The van der Waals surface area contributed by atoms with Crippen molar-refractivity contribution in [3.8, 4) is 6.07 Å². The third-order valence-corrected chi connectivity index (χ3v) is 12.7. The van der Waals surface area contributed by atoms with Gasteiger partial charge < -0.3 is 15.5 Å². The highest BCUT2D eigenvalue weighted by Crippen LogP contribution is 2.75. The lowest BCUT2D eigenvalue weighted by atomic mass is 9.33. The van der Waals surface area contributed by atoms with Crippen LogP contribution in [-0.2, 0) is 9.59 Å². The molecule has 0 unspecified atom stereocenters. The quantitative estimate of drug-likeness (QED) is 0.426. The van der Waals surface area contributed by atoms with Gasteiger partial charge in [-0.1, -0.05) is 47.6 Å². The van der Waals surface area contributed by atoms with Gasteiger partial charge in [0.1, 0.15) is 11.7 Å². The van der Waals surface area contributed by atoms with Crippen LogP contribution >= 0.6 is 0 Å². The van der Waals surface area contributed by atoms with Gasteiger partial charge in [-0.15, -0.1) is 0 Å². The Labute approximate surface area is 225 Å². The molecule has 7 nitrogen and oxygen atoms in total. The van der Waals surface area contributed by atoms with Gasteiger partial charge in [-0.3, -0.25) is 9.59 Å². The third kappa shape index (κ3) is 3.01. The lowest BCUT2D eigenvalue weighted by Gasteiger charge is -2.71. The highest BCUT2D eigenvalue weighted by atomic mass is 16.4. The predicted octanol–water partition coefficient (Wildman–Crippen LogP) is 5.34. The molecule has 5 aliphatic carbocycles. The van der Waals surface area contributed by atoms with Gasteiger partial charge in [0.2, 0.25) is 0 Å². The van der Waals surface area contributed by atoms with Crippen LogP contribution in [0.4, 0.5) is 4.79 Å². The number of hydrogen-bond donors (Lipinski definition) is 3. The van der Waals surface area contributed by atoms with E-state index in [0.29, 0.717) is 19.3 Å². The summed E-state index contributed by atoms with van der Waals surface area (Å²) >= 11 is 0. The topological polar surface area (TPSA) is 127 Å². The van der Waals surface area contributed by atoms with Gasteiger partial charge in [0.25, 0.3) is 0 Å². The number of allylic oxidation sites excluding steroid dienone is 3. The summed E-state index contributed by atoms with van der Waals surface area (Å²) in [4.78, 5) is 39.2. The van der Waals surface area contributed by atoms with Crippen molar-refractivity contribution >= 4 is 17.7 Å². The minimum atomic E-state index is -1.65. The Hall–Kier alpha value is -2.46. The van der Waals surface area contributed by atoms with E-state index in [1.165, 1.54) is 0 Å². The molecular formula is C31H42N2O5. The molecule has 0 aromatic rings. The van der Waals surface area contributed by atoms with E-state index in [2.05, 4.69) is 39.1 Å². The van der Waals surface area contributed by atoms with E-state index in [4.69, 9.17) is 0 Å². The highest BCUT2D eigenvalue weighted by molar-refractivity contribution is 6.05. The van der Waals surface area contributed by atoms with Crippen LogP contribution in [0.25, 0.3) is 0 Å². The Morgan fingerprint density at radius 2 is 1.63 bits per heavy atom. The molecule has 3 fully saturated rings. The maximum absolute atomic E-state index is 14.4. The molecule has 38 heavy (non-hydrogen) atoms. The summed E-state index contributed by atoms with van der Waals surface area (Å²) in [5.41, 5.74) is -4.30. The van der Waals surface area contributed by atoms with Crippen LogP contribution in [0.3, 0.4) is 0 Å². The number of nitrogens with zero attached hydrogens (tertiary/aromatic N) is 1. The van der Waals surface area contributed by atoms with Crippen molar-refractivity contribution in [3.05, 3.63) is 23.3 Å². The lowest BCUT2D eigenvalue weighted by Crippen LogP contribution is -2.74. The molecule has 0 spiro atoms. The molecule has 5 rings (SSSR count). The lowest BCUT2D eigenvalue weighted by molar-refractivity contribution is -0.240. The average Bonchev–Trinajstić information content (AvgIpc) is 2.81. The predicted molar refractivity (Wildman–Crippen MR) is 142 cm³/mol. The summed E-state index contributed by atoms with van der Waals surface area (Å²) in [6.07, 6.45) is 7.16. The Balaban J connectivity index is 1.70. The number of amides is 1. The molecule has 3 N–H and O–H groups in total. The number of carboxylic acid groups (broad SMARTS) is 1. The zero-order valence-electron chi connectivity index (χ0n) is 23.8. The Bertz CT molecular complexity index is 1260. The van der Waals surface area contributed by atoms with Crippen molar-refractivity contribution in [2.24, 2.45) is 38.9 Å².